The van der Waals surface area contributed by atoms with Gasteiger partial charge in [-0.2, -0.15) is 0 Å². The standard InChI is InChI=1S/C11H21NO3/c1-12(4-10(14)9-2-3-9)5-11(6-13)7-15-8-11/h9-10,13-14H,2-8H2,1H3. The molecule has 2 N–H and O–H groups in total. The Hall–Kier alpha value is -0.160. The molecule has 0 radical (unpaired) electrons. The monoisotopic (exact) mass is 215 g/mol. The van der Waals surface area contributed by atoms with Gasteiger partial charge in [0.1, 0.15) is 0 Å². The van der Waals surface area contributed by atoms with Gasteiger partial charge >= 0.3 is 0 Å². The van der Waals surface area contributed by atoms with E-state index in [4.69, 9.17) is 4.74 Å². The second-order valence-corrected chi connectivity index (χ2v) is 5.25. The van der Waals surface area contributed by atoms with Crippen molar-refractivity contribution in [3.63, 3.8) is 0 Å². The van der Waals surface area contributed by atoms with Gasteiger partial charge in [-0.15, -0.1) is 0 Å². The average molecular weight is 215 g/mol. The zero-order chi connectivity index (χ0) is 10.9. The molecule has 2 aliphatic rings. The summed E-state index contributed by atoms with van der Waals surface area (Å²) >= 11 is 0. The Labute approximate surface area is 90.8 Å². The summed E-state index contributed by atoms with van der Waals surface area (Å²) in [6.07, 6.45) is 2.15. The first-order valence-corrected chi connectivity index (χ1v) is 5.70. The first-order valence-electron chi connectivity index (χ1n) is 5.70. The summed E-state index contributed by atoms with van der Waals surface area (Å²) in [4.78, 5) is 2.11. The molecule has 1 saturated heterocycles. The van der Waals surface area contributed by atoms with Gasteiger partial charge in [-0.05, 0) is 25.8 Å². The molecule has 15 heavy (non-hydrogen) atoms. The molecule has 2 fully saturated rings. The smallest absolute Gasteiger partial charge is 0.0695 e. The predicted octanol–water partition coefficient (Wildman–Crippen LogP) is -0.302. The number of aliphatic hydroxyl groups excluding tert-OH is 2. The summed E-state index contributed by atoms with van der Waals surface area (Å²) in [6.45, 7) is 3.00. The van der Waals surface area contributed by atoms with E-state index in [0.29, 0.717) is 25.7 Å². The number of rotatable bonds is 6. The van der Waals surface area contributed by atoms with Crippen LogP contribution in [-0.2, 0) is 4.74 Å². The van der Waals surface area contributed by atoms with E-state index in [1.165, 1.54) is 12.8 Å². The number of ether oxygens (including phenoxy) is 1. The van der Waals surface area contributed by atoms with E-state index in [-0.39, 0.29) is 18.1 Å². The number of hydrogen-bond donors (Lipinski definition) is 2. The maximum Gasteiger partial charge on any atom is 0.0695 e. The van der Waals surface area contributed by atoms with Crippen LogP contribution in [0.1, 0.15) is 12.8 Å². The largest absolute Gasteiger partial charge is 0.396 e. The summed E-state index contributed by atoms with van der Waals surface area (Å²) < 4.78 is 5.15. The molecule has 0 aromatic rings. The zero-order valence-electron chi connectivity index (χ0n) is 9.35. The van der Waals surface area contributed by atoms with Gasteiger partial charge in [0.05, 0.1) is 31.3 Å². The van der Waals surface area contributed by atoms with Crippen molar-refractivity contribution in [3.8, 4) is 0 Å². The van der Waals surface area contributed by atoms with Crippen LogP contribution in [0.25, 0.3) is 0 Å². The molecule has 2 rings (SSSR count). The lowest BCUT2D eigenvalue weighted by Gasteiger charge is -2.42. The Morgan fingerprint density at radius 3 is 2.53 bits per heavy atom. The van der Waals surface area contributed by atoms with Crippen LogP contribution in [0, 0.1) is 11.3 Å². The van der Waals surface area contributed by atoms with Gasteiger partial charge in [0.2, 0.25) is 0 Å². The van der Waals surface area contributed by atoms with Crippen LogP contribution >= 0.6 is 0 Å². The average Bonchev–Trinajstić information content (AvgIpc) is 2.94. The van der Waals surface area contributed by atoms with Crippen molar-refractivity contribution in [1.82, 2.24) is 4.90 Å². The van der Waals surface area contributed by atoms with Crippen molar-refractivity contribution in [3.05, 3.63) is 0 Å². The maximum atomic E-state index is 9.78. The fourth-order valence-electron chi connectivity index (χ4n) is 2.21. The lowest BCUT2D eigenvalue weighted by atomic mass is 9.86. The first-order chi connectivity index (χ1) is 7.15. The molecule has 1 aliphatic carbocycles. The van der Waals surface area contributed by atoms with E-state index in [1.807, 2.05) is 7.05 Å². The molecule has 0 amide bonds. The normalized spacial score (nSPS) is 26.4. The Morgan fingerprint density at radius 2 is 2.13 bits per heavy atom. The van der Waals surface area contributed by atoms with Crippen molar-refractivity contribution < 1.29 is 14.9 Å². The Kier molecular flexibility index (Phi) is 3.30. The highest BCUT2D eigenvalue weighted by molar-refractivity contribution is 4.89. The molecular weight excluding hydrogens is 194 g/mol. The highest BCUT2D eigenvalue weighted by atomic mass is 16.5. The van der Waals surface area contributed by atoms with Crippen LogP contribution in [0.15, 0.2) is 0 Å². The molecular formula is C11H21NO3. The van der Waals surface area contributed by atoms with Gasteiger partial charge in [-0.1, -0.05) is 0 Å². The van der Waals surface area contributed by atoms with Crippen molar-refractivity contribution in [1.29, 1.82) is 0 Å². The first kappa shape index (κ1) is 11.3. The number of hydrogen-bond acceptors (Lipinski definition) is 4. The Bertz CT molecular complexity index is 208. The van der Waals surface area contributed by atoms with E-state index in [9.17, 15) is 10.2 Å². The molecule has 0 aromatic heterocycles. The lowest BCUT2D eigenvalue weighted by Crippen LogP contribution is -2.53. The van der Waals surface area contributed by atoms with Crippen molar-refractivity contribution in [2.24, 2.45) is 11.3 Å². The number of likely N-dealkylation sites (N-methyl/N-ethyl adjacent to an activating group) is 1. The minimum atomic E-state index is -0.188. The quantitative estimate of drug-likeness (QED) is 0.638. The van der Waals surface area contributed by atoms with Crippen molar-refractivity contribution in [2.75, 3.05) is 40.0 Å². The summed E-state index contributed by atoms with van der Waals surface area (Å²) in [5.41, 5.74) is -0.0714. The molecule has 1 atom stereocenters. The fourth-order valence-corrected chi connectivity index (χ4v) is 2.21. The topological polar surface area (TPSA) is 52.9 Å². The Balaban J connectivity index is 1.73. The SMILES string of the molecule is CN(CC(O)C1CC1)CC1(CO)COC1. The van der Waals surface area contributed by atoms with Crippen LogP contribution in [-0.4, -0.2) is 61.2 Å². The zero-order valence-corrected chi connectivity index (χ0v) is 9.35. The van der Waals surface area contributed by atoms with Gasteiger partial charge in [0, 0.05) is 13.1 Å². The summed E-state index contributed by atoms with van der Waals surface area (Å²) in [5.74, 6) is 0.523. The van der Waals surface area contributed by atoms with Crippen LogP contribution in [0.5, 0.6) is 0 Å². The van der Waals surface area contributed by atoms with Gasteiger partial charge in [0.25, 0.3) is 0 Å². The third-order valence-corrected chi connectivity index (χ3v) is 3.42. The number of nitrogens with zero attached hydrogens (tertiary/aromatic N) is 1. The lowest BCUT2D eigenvalue weighted by molar-refractivity contribution is -0.148. The molecule has 1 unspecified atom stereocenters. The molecule has 0 spiro atoms. The van der Waals surface area contributed by atoms with Crippen LogP contribution in [0.4, 0.5) is 0 Å². The third-order valence-electron chi connectivity index (χ3n) is 3.42. The predicted molar refractivity (Wildman–Crippen MR) is 56.6 cm³/mol. The summed E-state index contributed by atoms with van der Waals surface area (Å²) in [5, 5.41) is 19.1. The minimum absolute atomic E-state index is 0.0714. The van der Waals surface area contributed by atoms with E-state index < -0.39 is 0 Å². The summed E-state index contributed by atoms with van der Waals surface area (Å²) in [6, 6.07) is 0. The van der Waals surface area contributed by atoms with Gasteiger partial charge < -0.3 is 19.8 Å². The van der Waals surface area contributed by atoms with Crippen molar-refractivity contribution >= 4 is 0 Å². The van der Waals surface area contributed by atoms with Gasteiger partial charge in [-0.25, -0.2) is 0 Å². The van der Waals surface area contributed by atoms with E-state index in [1.54, 1.807) is 0 Å². The molecule has 1 aliphatic heterocycles. The molecule has 0 bridgehead atoms. The van der Waals surface area contributed by atoms with E-state index >= 15 is 0 Å². The molecule has 1 heterocycles. The second kappa shape index (κ2) is 4.37. The minimum Gasteiger partial charge on any atom is -0.396 e. The van der Waals surface area contributed by atoms with Crippen LogP contribution in [0.3, 0.4) is 0 Å². The highest BCUT2D eigenvalue weighted by Crippen LogP contribution is 2.33. The Morgan fingerprint density at radius 1 is 1.47 bits per heavy atom. The van der Waals surface area contributed by atoms with Gasteiger partial charge in [0.15, 0.2) is 0 Å². The van der Waals surface area contributed by atoms with Crippen LogP contribution in [0.2, 0.25) is 0 Å². The van der Waals surface area contributed by atoms with E-state index in [0.717, 1.165) is 6.54 Å². The van der Waals surface area contributed by atoms with Crippen molar-refractivity contribution in [2.45, 2.75) is 18.9 Å². The molecule has 0 aromatic carbocycles. The molecule has 4 heteroatoms. The number of aliphatic hydroxyl groups is 2. The molecule has 1 saturated carbocycles. The van der Waals surface area contributed by atoms with Gasteiger partial charge in [-0.3, -0.25) is 0 Å². The maximum absolute atomic E-state index is 9.78. The second-order valence-electron chi connectivity index (χ2n) is 5.25. The highest BCUT2D eigenvalue weighted by Gasteiger charge is 2.39. The third kappa shape index (κ3) is 2.69. The fraction of sp³-hybridized carbons (Fsp3) is 1.00. The molecule has 4 nitrogen and oxygen atoms in total. The van der Waals surface area contributed by atoms with E-state index in [2.05, 4.69) is 4.90 Å². The summed E-state index contributed by atoms with van der Waals surface area (Å²) in [7, 11) is 2.00. The van der Waals surface area contributed by atoms with Crippen LogP contribution < -0.4 is 0 Å². The molecule has 88 valence electrons.